The molecule has 0 aromatic heterocycles. The molecule has 0 bridgehead atoms. The molecule has 0 aliphatic rings. The summed E-state index contributed by atoms with van der Waals surface area (Å²) in [5.41, 5.74) is 6.01. The van der Waals surface area contributed by atoms with E-state index in [1.807, 2.05) is 0 Å². The van der Waals surface area contributed by atoms with Gasteiger partial charge in [0.1, 0.15) is 17.4 Å². The fourth-order valence-electron chi connectivity index (χ4n) is 1.54. The Kier molecular flexibility index (Phi) is 6.42. The van der Waals surface area contributed by atoms with Gasteiger partial charge in [0, 0.05) is 10.7 Å². The quantitative estimate of drug-likeness (QED) is 0.487. The zero-order valence-corrected chi connectivity index (χ0v) is 12.9. The van der Waals surface area contributed by atoms with Gasteiger partial charge in [-0.15, -0.1) is 0 Å². The number of nitrogens with zero attached hydrogens (tertiary/aromatic N) is 1. The van der Waals surface area contributed by atoms with Crippen LogP contribution >= 0.6 is 11.6 Å². The van der Waals surface area contributed by atoms with Crippen molar-refractivity contribution < 1.29 is 19.1 Å². The molecule has 1 aromatic rings. The lowest BCUT2D eigenvalue weighted by Gasteiger charge is -2.09. The van der Waals surface area contributed by atoms with Crippen molar-refractivity contribution in [2.45, 2.75) is 13.8 Å². The van der Waals surface area contributed by atoms with E-state index in [9.17, 15) is 9.59 Å². The number of carbonyl (C=O) groups excluding carboxylic acids is 2. The second-order valence-corrected chi connectivity index (χ2v) is 4.89. The number of hydrogen-bond donors (Lipinski definition) is 1. The molecule has 0 fully saturated rings. The number of ketones is 1. The van der Waals surface area contributed by atoms with Gasteiger partial charge in [0.05, 0.1) is 0 Å². The minimum atomic E-state index is -0.727. The lowest BCUT2D eigenvalue weighted by atomic mass is 10.1. The number of benzene rings is 1. The zero-order valence-electron chi connectivity index (χ0n) is 12.2. The first kappa shape index (κ1) is 17.5. The Hall–Kier alpha value is -2.52. The highest BCUT2D eigenvalue weighted by molar-refractivity contribution is 6.30. The van der Waals surface area contributed by atoms with Crippen molar-refractivity contribution in [3.05, 3.63) is 40.1 Å². The van der Waals surface area contributed by atoms with Crippen LogP contribution < -0.4 is 10.5 Å². The number of halogens is 1. The van der Waals surface area contributed by atoms with Crippen LogP contribution in [0.2, 0.25) is 5.02 Å². The Bertz CT molecular complexity index is 658. The molecular formula is C15H15ClN2O4. The highest BCUT2D eigenvalue weighted by Crippen LogP contribution is 2.21. The van der Waals surface area contributed by atoms with Crippen LogP contribution in [0.5, 0.6) is 5.75 Å². The highest BCUT2D eigenvalue weighted by Gasteiger charge is 2.14. The molecule has 0 atom stereocenters. The van der Waals surface area contributed by atoms with Crippen molar-refractivity contribution in [3.63, 3.8) is 0 Å². The van der Waals surface area contributed by atoms with Crippen molar-refractivity contribution in [3.8, 4) is 11.8 Å². The minimum absolute atomic E-state index is 0.0802. The summed E-state index contributed by atoms with van der Waals surface area (Å²) in [4.78, 5) is 23.1. The van der Waals surface area contributed by atoms with Gasteiger partial charge in [-0.2, -0.15) is 5.26 Å². The van der Waals surface area contributed by atoms with Gasteiger partial charge >= 0.3 is 5.97 Å². The van der Waals surface area contributed by atoms with E-state index in [0.29, 0.717) is 10.8 Å². The van der Waals surface area contributed by atoms with Gasteiger partial charge in [-0.25, -0.2) is 4.79 Å². The first-order chi connectivity index (χ1) is 10.3. The molecule has 0 heterocycles. The number of nitrogens with two attached hydrogens (primary N) is 1. The van der Waals surface area contributed by atoms with E-state index in [1.165, 1.54) is 6.92 Å². The van der Waals surface area contributed by atoms with Gasteiger partial charge in [-0.3, -0.25) is 4.79 Å². The maximum atomic E-state index is 11.6. The van der Waals surface area contributed by atoms with E-state index in [2.05, 4.69) is 0 Å². The van der Waals surface area contributed by atoms with Gasteiger partial charge in [0.15, 0.2) is 13.2 Å². The maximum Gasteiger partial charge on any atom is 0.344 e. The Morgan fingerprint density at radius 1 is 1.36 bits per heavy atom. The molecule has 0 aliphatic heterocycles. The summed E-state index contributed by atoms with van der Waals surface area (Å²) < 4.78 is 10.0. The van der Waals surface area contributed by atoms with Crippen molar-refractivity contribution in [2.75, 3.05) is 13.2 Å². The standard InChI is InChI=1S/C15H15ClN2O4/c1-9-5-11(16)3-4-14(9)21-8-15(20)22-7-13(19)12(6-17)10(2)18/h3-5H,7-8,18H2,1-2H3/b12-10+. The Morgan fingerprint density at radius 3 is 2.59 bits per heavy atom. The average molecular weight is 323 g/mol. The molecule has 0 spiro atoms. The fraction of sp³-hybridized carbons (Fsp3) is 0.267. The predicted octanol–water partition coefficient (Wildman–Crippen LogP) is 1.90. The van der Waals surface area contributed by atoms with Crippen LogP contribution in [0.25, 0.3) is 0 Å². The van der Waals surface area contributed by atoms with E-state index >= 15 is 0 Å². The number of rotatable bonds is 6. The Labute approximate surface area is 133 Å². The topological polar surface area (TPSA) is 102 Å². The van der Waals surface area contributed by atoms with Crippen molar-refractivity contribution in [1.82, 2.24) is 0 Å². The molecule has 1 aromatic carbocycles. The molecule has 7 heteroatoms. The summed E-state index contributed by atoms with van der Waals surface area (Å²) in [6, 6.07) is 6.62. The fourth-order valence-corrected chi connectivity index (χ4v) is 1.77. The van der Waals surface area contributed by atoms with E-state index < -0.39 is 18.4 Å². The molecule has 0 unspecified atom stereocenters. The molecule has 116 valence electrons. The third-order valence-electron chi connectivity index (χ3n) is 2.63. The summed E-state index contributed by atoms with van der Waals surface area (Å²) >= 11 is 5.81. The van der Waals surface area contributed by atoms with Crippen molar-refractivity contribution in [2.24, 2.45) is 5.73 Å². The third kappa shape index (κ3) is 5.11. The molecule has 6 nitrogen and oxygen atoms in total. The van der Waals surface area contributed by atoms with Crippen LogP contribution in [0.15, 0.2) is 29.5 Å². The van der Waals surface area contributed by atoms with Crippen LogP contribution in [0.4, 0.5) is 0 Å². The van der Waals surface area contributed by atoms with E-state index in [-0.39, 0.29) is 17.9 Å². The third-order valence-corrected chi connectivity index (χ3v) is 2.87. The SMILES string of the molecule is C/C(N)=C(/C#N)C(=O)COC(=O)COc1ccc(Cl)cc1C. The number of aryl methyl sites for hydroxylation is 1. The van der Waals surface area contributed by atoms with Crippen LogP contribution in [-0.4, -0.2) is 25.0 Å². The lowest BCUT2D eigenvalue weighted by Crippen LogP contribution is -2.21. The van der Waals surface area contributed by atoms with Gasteiger partial charge < -0.3 is 15.2 Å². The van der Waals surface area contributed by atoms with Crippen LogP contribution in [0.1, 0.15) is 12.5 Å². The summed E-state index contributed by atoms with van der Waals surface area (Å²) in [7, 11) is 0. The highest BCUT2D eigenvalue weighted by atomic mass is 35.5. The lowest BCUT2D eigenvalue weighted by molar-refractivity contribution is -0.149. The van der Waals surface area contributed by atoms with Crippen LogP contribution in [0, 0.1) is 18.3 Å². The number of hydrogen-bond acceptors (Lipinski definition) is 6. The molecule has 1 rings (SSSR count). The molecule has 22 heavy (non-hydrogen) atoms. The maximum absolute atomic E-state index is 11.6. The first-order valence-corrected chi connectivity index (χ1v) is 6.67. The molecule has 0 saturated heterocycles. The first-order valence-electron chi connectivity index (χ1n) is 6.29. The molecule has 2 N–H and O–H groups in total. The van der Waals surface area contributed by atoms with Crippen LogP contribution in [-0.2, 0) is 14.3 Å². The molecule has 0 saturated carbocycles. The Morgan fingerprint density at radius 2 is 2.05 bits per heavy atom. The van der Waals surface area contributed by atoms with Gasteiger partial charge in [0.25, 0.3) is 0 Å². The average Bonchev–Trinajstić information content (AvgIpc) is 2.44. The number of esters is 1. The van der Waals surface area contributed by atoms with Gasteiger partial charge in [-0.05, 0) is 37.6 Å². The zero-order chi connectivity index (χ0) is 16.7. The molecule has 0 amide bonds. The minimum Gasteiger partial charge on any atom is -0.482 e. The van der Waals surface area contributed by atoms with Crippen molar-refractivity contribution in [1.29, 1.82) is 5.26 Å². The molecular weight excluding hydrogens is 308 g/mol. The van der Waals surface area contributed by atoms with E-state index in [4.69, 9.17) is 32.1 Å². The largest absolute Gasteiger partial charge is 0.482 e. The Balaban J connectivity index is 2.49. The number of nitriles is 1. The number of Topliss-reactive ketones (excluding diaryl/α,β-unsaturated/α-hetero) is 1. The molecule has 0 aliphatic carbocycles. The number of allylic oxidation sites excluding steroid dienone is 1. The summed E-state index contributed by atoms with van der Waals surface area (Å²) in [6.45, 7) is 2.29. The van der Waals surface area contributed by atoms with Crippen molar-refractivity contribution >= 4 is 23.4 Å². The second-order valence-electron chi connectivity index (χ2n) is 4.45. The summed E-state index contributed by atoms with van der Waals surface area (Å²) in [5, 5.41) is 9.31. The normalized spacial score (nSPS) is 11.2. The number of ether oxygens (including phenoxy) is 2. The van der Waals surface area contributed by atoms with Crippen LogP contribution in [0.3, 0.4) is 0 Å². The van der Waals surface area contributed by atoms with Gasteiger partial charge in [0.2, 0.25) is 5.78 Å². The summed E-state index contributed by atoms with van der Waals surface area (Å²) in [5.74, 6) is -0.892. The van der Waals surface area contributed by atoms with E-state index in [1.54, 1.807) is 31.2 Å². The predicted molar refractivity (Wildman–Crippen MR) is 80.2 cm³/mol. The molecule has 0 radical (unpaired) electrons. The van der Waals surface area contributed by atoms with E-state index in [0.717, 1.165) is 5.56 Å². The van der Waals surface area contributed by atoms with Gasteiger partial charge in [-0.1, -0.05) is 11.6 Å². The number of carbonyl (C=O) groups is 2. The second kappa shape index (κ2) is 8.05. The smallest absolute Gasteiger partial charge is 0.344 e. The monoisotopic (exact) mass is 322 g/mol. The summed E-state index contributed by atoms with van der Waals surface area (Å²) in [6.07, 6.45) is 0.